The van der Waals surface area contributed by atoms with Gasteiger partial charge in [-0.1, -0.05) is 37.6 Å². The van der Waals surface area contributed by atoms with Crippen LogP contribution in [0.3, 0.4) is 0 Å². The molecule has 1 aliphatic rings. The quantitative estimate of drug-likeness (QED) is 0.930. The zero-order valence-electron chi connectivity index (χ0n) is 12.4. The number of phenols is 1. The number of likely N-dealkylation sites (tertiary alicyclic amines) is 1. The molecule has 1 saturated heterocycles. The summed E-state index contributed by atoms with van der Waals surface area (Å²) in [5.41, 5.74) is 0.422. The second-order valence-electron chi connectivity index (χ2n) is 5.91. The van der Waals surface area contributed by atoms with E-state index in [1.54, 1.807) is 12.1 Å². The number of fused-ring (bicyclic) bond motifs is 1. The number of benzene rings is 2. The molecule has 0 aliphatic carbocycles. The molecule has 2 aromatic rings. The highest BCUT2D eigenvalue weighted by atomic mass is 16.3. The van der Waals surface area contributed by atoms with Crippen molar-refractivity contribution in [3.63, 3.8) is 0 Å². The second-order valence-corrected chi connectivity index (χ2v) is 5.91. The largest absolute Gasteiger partial charge is 0.507 e. The number of hydrogen-bond donors (Lipinski definition) is 1. The van der Waals surface area contributed by atoms with Crippen molar-refractivity contribution in [3.8, 4) is 5.75 Å². The van der Waals surface area contributed by atoms with Crippen molar-refractivity contribution in [1.82, 2.24) is 4.90 Å². The molecule has 0 saturated carbocycles. The number of aromatic hydroxyl groups is 1. The SMILES string of the molecule is CCCC1CCN(C(=O)c2cc3ccccc3cc2O)C1. The Labute approximate surface area is 125 Å². The Balaban J connectivity index is 1.86. The van der Waals surface area contributed by atoms with Crippen molar-refractivity contribution in [1.29, 1.82) is 0 Å². The Morgan fingerprint density at radius 3 is 2.71 bits per heavy atom. The number of carbonyl (C=O) groups is 1. The third kappa shape index (κ3) is 2.73. The van der Waals surface area contributed by atoms with Crippen molar-refractivity contribution in [2.45, 2.75) is 26.2 Å². The van der Waals surface area contributed by atoms with Gasteiger partial charge in [-0.2, -0.15) is 0 Å². The molecule has 1 heterocycles. The van der Waals surface area contributed by atoms with Gasteiger partial charge in [0.25, 0.3) is 5.91 Å². The number of nitrogens with zero attached hydrogens (tertiary/aromatic N) is 1. The summed E-state index contributed by atoms with van der Waals surface area (Å²) >= 11 is 0. The molecule has 0 spiro atoms. The zero-order chi connectivity index (χ0) is 14.8. The van der Waals surface area contributed by atoms with E-state index < -0.39 is 0 Å². The van der Waals surface area contributed by atoms with Crippen molar-refractivity contribution in [3.05, 3.63) is 42.0 Å². The number of hydrogen-bond acceptors (Lipinski definition) is 2. The highest BCUT2D eigenvalue weighted by molar-refractivity contribution is 6.01. The zero-order valence-corrected chi connectivity index (χ0v) is 12.4. The maximum atomic E-state index is 12.6. The molecule has 0 radical (unpaired) electrons. The van der Waals surface area contributed by atoms with Gasteiger partial charge in [-0.25, -0.2) is 0 Å². The Bertz CT molecular complexity index is 665. The molecule has 3 nitrogen and oxygen atoms in total. The molecule has 21 heavy (non-hydrogen) atoms. The van der Waals surface area contributed by atoms with Crippen LogP contribution in [0.15, 0.2) is 36.4 Å². The van der Waals surface area contributed by atoms with Crippen LogP contribution in [0.5, 0.6) is 5.75 Å². The predicted octanol–water partition coefficient (Wildman–Crippen LogP) is 3.81. The van der Waals surface area contributed by atoms with E-state index in [2.05, 4.69) is 6.92 Å². The Hall–Kier alpha value is -2.03. The van der Waals surface area contributed by atoms with Gasteiger partial charge in [0.15, 0.2) is 0 Å². The number of carbonyl (C=O) groups excluding carboxylic acids is 1. The first-order valence-corrected chi connectivity index (χ1v) is 7.70. The van der Waals surface area contributed by atoms with Crippen LogP contribution >= 0.6 is 0 Å². The fourth-order valence-electron chi connectivity index (χ4n) is 3.23. The monoisotopic (exact) mass is 283 g/mol. The maximum absolute atomic E-state index is 12.6. The van der Waals surface area contributed by atoms with E-state index in [0.717, 1.165) is 36.7 Å². The van der Waals surface area contributed by atoms with E-state index in [4.69, 9.17) is 0 Å². The first-order valence-electron chi connectivity index (χ1n) is 7.70. The Morgan fingerprint density at radius 1 is 1.29 bits per heavy atom. The van der Waals surface area contributed by atoms with E-state index in [0.29, 0.717) is 11.5 Å². The van der Waals surface area contributed by atoms with Crippen LogP contribution in [-0.4, -0.2) is 29.0 Å². The minimum Gasteiger partial charge on any atom is -0.507 e. The molecule has 1 aliphatic heterocycles. The van der Waals surface area contributed by atoms with E-state index >= 15 is 0 Å². The molecule has 1 N–H and O–H groups in total. The van der Waals surface area contributed by atoms with E-state index in [1.165, 1.54) is 6.42 Å². The highest BCUT2D eigenvalue weighted by Gasteiger charge is 2.27. The maximum Gasteiger partial charge on any atom is 0.257 e. The van der Waals surface area contributed by atoms with E-state index in [-0.39, 0.29) is 11.7 Å². The summed E-state index contributed by atoms with van der Waals surface area (Å²) in [6.45, 7) is 3.80. The van der Waals surface area contributed by atoms with Crippen LogP contribution in [0.4, 0.5) is 0 Å². The third-order valence-electron chi connectivity index (χ3n) is 4.36. The summed E-state index contributed by atoms with van der Waals surface area (Å²) in [4.78, 5) is 14.5. The molecule has 1 unspecified atom stereocenters. The van der Waals surface area contributed by atoms with E-state index in [1.807, 2.05) is 29.2 Å². The molecule has 110 valence electrons. The molecule has 1 atom stereocenters. The topological polar surface area (TPSA) is 40.5 Å². The minimum absolute atomic E-state index is 0.0446. The summed E-state index contributed by atoms with van der Waals surface area (Å²) in [6, 6.07) is 11.3. The van der Waals surface area contributed by atoms with Crippen LogP contribution < -0.4 is 0 Å². The van der Waals surface area contributed by atoms with Gasteiger partial charge in [0.2, 0.25) is 0 Å². The van der Waals surface area contributed by atoms with Gasteiger partial charge in [-0.3, -0.25) is 4.79 Å². The molecule has 3 rings (SSSR count). The third-order valence-corrected chi connectivity index (χ3v) is 4.36. The Morgan fingerprint density at radius 2 is 2.00 bits per heavy atom. The minimum atomic E-state index is -0.0446. The van der Waals surface area contributed by atoms with E-state index in [9.17, 15) is 9.90 Å². The van der Waals surface area contributed by atoms with Gasteiger partial charge in [-0.05, 0) is 41.7 Å². The summed E-state index contributed by atoms with van der Waals surface area (Å²) in [7, 11) is 0. The van der Waals surface area contributed by atoms with Gasteiger partial charge >= 0.3 is 0 Å². The van der Waals surface area contributed by atoms with Crippen molar-refractivity contribution < 1.29 is 9.90 Å². The lowest BCUT2D eigenvalue weighted by molar-refractivity contribution is 0.0783. The normalized spacial score (nSPS) is 18.3. The Kier molecular flexibility index (Phi) is 3.82. The fraction of sp³-hybridized carbons (Fsp3) is 0.389. The standard InChI is InChI=1S/C18H21NO2/c1-2-5-13-8-9-19(12-13)18(21)16-10-14-6-3-4-7-15(14)11-17(16)20/h3-4,6-7,10-11,13,20H,2,5,8-9,12H2,1H3. The van der Waals surface area contributed by atoms with Crippen molar-refractivity contribution >= 4 is 16.7 Å². The van der Waals surface area contributed by atoms with Crippen molar-refractivity contribution in [2.24, 2.45) is 5.92 Å². The average Bonchev–Trinajstić information content (AvgIpc) is 2.95. The van der Waals surface area contributed by atoms with Crippen LogP contribution in [0.1, 0.15) is 36.5 Å². The average molecular weight is 283 g/mol. The number of rotatable bonds is 3. The van der Waals surface area contributed by atoms with Crippen molar-refractivity contribution in [2.75, 3.05) is 13.1 Å². The van der Waals surface area contributed by atoms with Crippen LogP contribution in [0.25, 0.3) is 10.8 Å². The summed E-state index contributed by atoms with van der Waals surface area (Å²) in [5.74, 6) is 0.649. The first-order chi connectivity index (χ1) is 10.2. The first kappa shape index (κ1) is 13.9. The number of phenolic OH excluding ortho intramolecular Hbond substituents is 1. The molecule has 0 aromatic heterocycles. The predicted molar refractivity (Wildman–Crippen MR) is 84.5 cm³/mol. The molecule has 1 fully saturated rings. The lowest BCUT2D eigenvalue weighted by Crippen LogP contribution is -2.28. The fourth-order valence-corrected chi connectivity index (χ4v) is 3.23. The van der Waals surface area contributed by atoms with Gasteiger partial charge in [0.05, 0.1) is 5.56 Å². The van der Waals surface area contributed by atoms with Crippen LogP contribution in [-0.2, 0) is 0 Å². The lowest BCUT2D eigenvalue weighted by Gasteiger charge is -2.17. The van der Waals surface area contributed by atoms with Crippen LogP contribution in [0.2, 0.25) is 0 Å². The summed E-state index contributed by atoms with van der Waals surface area (Å²) in [6.07, 6.45) is 3.41. The molecule has 2 aromatic carbocycles. The molecule has 1 amide bonds. The molecular formula is C18H21NO2. The summed E-state index contributed by atoms with van der Waals surface area (Å²) in [5, 5.41) is 12.1. The molecule has 0 bridgehead atoms. The molecular weight excluding hydrogens is 262 g/mol. The van der Waals surface area contributed by atoms with Gasteiger partial charge < -0.3 is 10.0 Å². The van der Waals surface area contributed by atoms with Gasteiger partial charge in [0.1, 0.15) is 5.75 Å². The van der Waals surface area contributed by atoms with Gasteiger partial charge in [0, 0.05) is 13.1 Å². The smallest absolute Gasteiger partial charge is 0.257 e. The second kappa shape index (κ2) is 5.76. The lowest BCUT2D eigenvalue weighted by atomic mass is 10.0. The highest BCUT2D eigenvalue weighted by Crippen LogP contribution is 2.28. The van der Waals surface area contributed by atoms with Gasteiger partial charge in [-0.15, -0.1) is 0 Å². The molecule has 3 heteroatoms. The summed E-state index contributed by atoms with van der Waals surface area (Å²) < 4.78 is 0. The number of amides is 1. The van der Waals surface area contributed by atoms with Crippen LogP contribution in [0, 0.1) is 5.92 Å².